The Morgan fingerprint density at radius 2 is 1.97 bits per heavy atom. The Kier molecular flexibility index (Phi) is 6.78. The monoisotopic (exact) mass is 465 g/mol. The van der Waals surface area contributed by atoms with E-state index in [1.807, 2.05) is 57.4 Å². The Hall–Kier alpha value is -1.74. The summed E-state index contributed by atoms with van der Waals surface area (Å²) in [6, 6.07) is 7.97. The number of carbonyl (C=O) groups is 1. The van der Waals surface area contributed by atoms with Gasteiger partial charge in [0.2, 0.25) is 0 Å². The number of benzene rings is 1. The molecule has 0 spiro atoms. The summed E-state index contributed by atoms with van der Waals surface area (Å²) < 4.78 is 6.93. The highest BCUT2D eigenvalue weighted by Crippen LogP contribution is 2.18. The van der Waals surface area contributed by atoms with E-state index < -0.39 is 5.41 Å². The van der Waals surface area contributed by atoms with Gasteiger partial charge in [-0.25, -0.2) is 0 Å². The molecule has 2 aromatic heterocycles. The highest BCUT2D eigenvalue weighted by atomic mass is 35.5. The molecule has 3 aromatic rings. The zero-order chi connectivity index (χ0) is 21.2. The highest BCUT2D eigenvalue weighted by Gasteiger charge is 2.20. The van der Waals surface area contributed by atoms with Gasteiger partial charge in [0.15, 0.2) is 5.78 Å². The van der Waals surface area contributed by atoms with Crippen molar-refractivity contribution >= 4 is 64.2 Å². The van der Waals surface area contributed by atoms with E-state index in [0.717, 1.165) is 22.0 Å². The van der Waals surface area contributed by atoms with Crippen molar-refractivity contribution < 1.29 is 4.79 Å². The molecule has 152 valence electrons. The van der Waals surface area contributed by atoms with Gasteiger partial charge in [-0.05, 0) is 30.0 Å². The summed E-state index contributed by atoms with van der Waals surface area (Å²) in [5.74, 6) is -0.0501. The van der Waals surface area contributed by atoms with Crippen LogP contribution in [-0.2, 0) is 11.3 Å². The fourth-order valence-corrected chi connectivity index (χ4v) is 4.48. The molecule has 0 saturated carbocycles. The average molecular weight is 466 g/mol. The molecule has 0 aliphatic heterocycles. The second-order valence-corrected chi connectivity index (χ2v) is 10.7. The van der Waals surface area contributed by atoms with Crippen LogP contribution in [0.25, 0.3) is 12.2 Å². The normalized spacial score (nSPS) is 13.3. The third kappa shape index (κ3) is 5.25. The van der Waals surface area contributed by atoms with E-state index in [9.17, 15) is 9.59 Å². The first kappa shape index (κ1) is 22.0. The van der Waals surface area contributed by atoms with Crippen LogP contribution in [0, 0.1) is 5.41 Å². The van der Waals surface area contributed by atoms with Gasteiger partial charge in [-0.1, -0.05) is 49.0 Å². The van der Waals surface area contributed by atoms with Gasteiger partial charge in [-0.3, -0.25) is 14.2 Å². The topological polar surface area (TPSA) is 64.8 Å². The van der Waals surface area contributed by atoms with Gasteiger partial charge in [0, 0.05) is 27.9 Å². The molecule has 0 aliphatic carbocycles. The molecule has 1 aromatic carbocycles. The molecule has 0 N–H and O–H groups in total. The molecule has 0 amide bonds. The van der Waals surface area contributed by atoms with Crippen molar-refractivity contribution in [1.29, 1.82) is 0 Å². The first-order valence-corrected chi connectivity index (χ1v) is 12.0. The fraction of sp³-hybridized carbons (Fsp3) is 0.300. The Labute approximate surface area is 185 Å². The van der Waals surface area contributed by atoms with Gasteiger partial charge in [0.05, 0.1) is 11.1 Å². The molecule has 0 unspecified atom stereocenters. The molecule has 0 atom stereocenters. The summed E-state index contributed by atoms with van der Waals surface area (Å²) in [5.41, 5.74) is 0.726. The van der Waals surface area contributed by atoms with Crippen LogP contribution < -0.4 is 14.8 Å². The minimum absolute atomic E-state index is 0.0501. The van der Waals surface area contributed by atoms with E-state index in [1.165, 1.54) is 17.4 Å². The summed E-state index contributed by atoms with van der Waals surface area (Å²) >= 11 is 10.2. The smallest absolute Gasteiger partial charge is 0.269 e. The molecule has 2 heterocycles. The minimum Gasteiger partial charge on any atom is -0.294 e. The van der Waals surface area contributed by atoms with E-state index in [0.29, 0.717) is 19.2 Å². The van der Waals surface area contributed by atoms with Gasteiger partial charge in [-0.15, -0.1) is 28.2 Å². The summed E-state index contributed by atoms with van der Waals surface area (Å²) in [4.78, 5) is 26.8. The number of thiazole rings is 1. The first-order chi connectivity index (χ1) is 13.7. The van der Waals surface area contributed by atoms with Crippen molar-refractivity contribution in [2.45, 2.75) is 32.2 Å². The lowest BCUT2D eigenvalue weighted by molar-refractivity contribution is -0.120. The molecule has 0 aliphatic rings. The third-order valence-electron chi connectivity index (χ3n) is 4.16. The molecular weight excluding hydrogens is 446 g/mol. The van der Waals surface area contributed by atoms with Gasteiger partial charge in [0.1, 0.15) is 14.7 Å². The number of hydrogen-bond donors (Lipinski definition) is 0. The lowest BCUT2D eigenvalue weighted by Crippen LogP contribution is -2.33. The lowest BCUT2D eigenvalue weighted by Gasteiger charge is -2.12. The predicted octanol–water partition coefficient (Wildman–Crippen LogP) is 3.41. The van der Waals surface area contributed by atoms with Crippen LogP contribution in [-0.4, -0.2) is 26.2 Å². The second kappa shape index (κ2) is 8.95. The van der Waals surface area contributed by atoms with E-state index in [-0.39, 0.29) is 17.9 Å². The van der Waals surface area contributed by atoms with E-state index >= 15 is 0 Å². The van der Waals surface area contributed by atoms with Crippen LogP contribution in [0.2, 0.25) is 4.34 Å². The maximum Gasteiger partial charge on any atom is 0.269 e. The van der Waals surface area contributed by atoms with Crippen molar-refractivity contribution in [3.63, 3.8) is 0 Å². The number of ketones is 1. The van der Waals surface area contributed by atoms with Crippen LogP contribution in [0.1, 0.15) is 32.0 Å². The van der Waals surface area contributed by atoms with Gasteiger partial charge in [0.25, 0.3) is 5.56 Å². The lowest BCUT2D eigenvalue weighted by atomic mass is 9.91. The molecule has 3 rings (SSSR count). The molecule has 29 heavy (non-hydrogen) atoms. The van der Waals surface area contributed by atoms with Crippen molar-refractivity contribution in [2.75, 3.05) is 6.26 Å². The number of Topliss-reactive ketones (excluding diaryl/α,β-unsaturated/α-hetero) is 1. The van der Waals surface area contributed by atoms with Crippen LogP contribution in [0.3, 0.4) is 0 Å². The standard InChI is InChI=1S/C20H20ClN3O2S3/c1-20(2,3)16(25)10-17-24(11-14-18(21)29-23-22-14)19(26)15(28-17)9-12-5-7-13(27-4)8-6-12/h5-10H,11H2,1-4H3/b15-9+,17-10+. The van der Waals surface area contributed by atoms with E-state index in [1.54, 1.807) is 16.3 Å². The quantitative estimate of drug-likeness (QED) is 0.540. The summed E-state index contributed by atoms with van der Waals surface area (Å²) in [6.45, 7) is 5.73. The zero-order valence-electron chi connectivity index (χ0n) is 16.4. The van der Waals surface area contributed by atoms with Crippen LogP contribution in [0.4, 0.5) is 0 Å². The first-order valence-electron chi connectivity index (χ1n) is 8.77. The molecule has 0 saturated heterocycles. The van der Waals surface area contributed by atoms with Gasteiger partial charge < -0.3 is 0 Å². The van der Waals surface area contributed by atoms with Crippen molar-refractivity contribution in [1.82, 2.24) is 14.2 Å². The number of thioether (sulfide) groups is 1. The van der Waals surface area contributed by atoms with E-state index in [4.69, 9.17) is 11.6 Å². The van der Waals surface area contributed by atoms with Crippen molar-refractivity contribution in [3.8, 4) is 0 Å². The minimum atomic E-state index is -0.539. The van der Waals surface area contributed by atoms with Crippen LogP contribution in [0.15, 0.2) is 34.0 Å². The van der Waals surface area contributed by atoms with Crippen molar-refractivity contribution in [2.24, 2.45) is 5.41 Å². The SMILES string of the molecule is CSc1ccc(/C=c2/s/c(=C/C(=O)C(C)(C)C)n(Cc3nnsc3Cl)c2=O)cc1. The number of halogens is 1. The van der Waals surface area contributed by atoms with Gasteiger partial charge in [-0.2, -0.15) is 0 Å². The summed E-state index contributed by atoms with van der Waals surface area (Å²) in [7, 11) is 0. The Balaban J connectivity index is 2.15. The molecule has 9 heteroatoms. The average Bonchev–Trinajstić information content (AvgIpc) is 3.20. The maximum absolute atomic E-state index is 13.1. The Morgan fingerprint density at radius 3 is 2.52 bits per heavy atom. The Bertz CT molecular complexity index is 1200. The number of hydrogen-bond acceptors (Lipinski definition) is 7. The van der Waals surface area contributed by atoms with Gasteiger partial charge >= 0.3 is 0 Å². The fourth-order valence-electron chi connectivity index (χ4n) is 2.41. The molecule has 5 nitrogen and oxygen atoms in total. The number of nitrogens with zero attached hydrogens (tertiary/aromatic N) is 3. The van der Waals surface area contributed by atoms with Crippen molar-refractivity contribution in [3.05, 3.63) is 59.4 Å². The number of rotatable bonds is 5. The molecular formula is C20H20ClN3O2S3. The zero-order valence-corrected chi connectivity index (χ0v) is 19.6. The summed E-state index contributed by atoms with van der Waals surface area (Å²) in [6.07, 6.45) is 5.39. The molecule has 0 radical (unpaired) electrons. The number of carbonyl (C=O) groups excluding carboxylic acids is 1. The van der Waals surface area contributed by atoms with Crippen LogP contribution in [0.5, 0.6) is 0 Å². The molecule has 0 bridgehead atoms. The highest BCUT2D eigenvalue weighted by molar-refractivity contribution is 7.98. The van der Waals surface area contributed by atoms with E-state index in [2.05, 4.69) is 9.59 Å². The Morgan fingerprint density at radius 1 is 1.28 bits per heavy atom. The maximum atomic E-state index is 13.1. The second-order valence-electron chi connectivity index (χ2n) is 7.37. The summed E-state index contributed by atoms with van der Waals surface area (Å²) in [5, 5.41) is 4.00. The van der Waals surface area contributed by atoms with Crippen LogP contribution >= 0.6 is 46.2 Å². The number of aromatic nitrogens is 3. The molecule has 0 fully saturated rings. The largest absolute Gasteiger partial charge is 0.294 e. The predicted molar refractivity (Wildman–Crippen MR) is 123 cm³/mol. The third-order valence-corrected chi connectivity index (χ3v) is 6.95.